The largest absolute Gasteiger partial charge is 0.760 e. The molecule has 0 spiro atoms. The van der Waals surface area contributed by atoms with E-state index in [-0.39, 0.29) is 28.9 Å². The summed E-state index contributed by atoms with van der Waals surface area (Å²) in [7, 11) is -4.33. The Kier molecular flexibility index (Phi) is 7.83. The Bertz CT molecular complexity index is 1790. The fourth-order valence-electron chi connectivity index (χ4n) is 4.00. The minimum absolute atomic E-state index is 0.0720. The zero-order valence-corrected chi connectivity index (χ0v) is 22.6. The smallest absolute Gasteiger partial charge is 0.416 e. The van der Waals surface area contributed by atoms with Gasteiger partial charge in [0.25, 0.3) is 0 Å². The minimum Gasteiger partial charge on any atom is -0.760 e. The van der Waals surface area contributed by atoms with E-state index in [4.69, 9.17) is 4.42 Å². The number of hydrogen-bond acceptors (Lipinski definition) is 9. The summed E-state index contributed by atoms with van der Waals surface area (Å²) in [5, 5.41) is 6.00. The van der Waals surface area contributed by atoms with Crippen LogP contribution in [0.1, 0.15) is 33.2 Å². The summed E-state index contributed by atoms with van der Waals surface area (Å²) < 4.78 is 97.1. The molecule has 5 aromatic rings. The molecule has 15 heteroatoms. The first kappa shape index (κ1) is 28.0. The van der Waals surface area contributed by atoms with Crippen molar-refractivity contribution in [2.45, 2.75) is 23.7 Å². The average molecular weight is 608 g/mol. The van der Waals surface area contributed by atoms with Crippen LogP contribution in [0.4, 0.5) is 13.2 Å². The number of nitrogens with zero attached hydrogens (tertiary/aromatic N) is 3. The molecule has 2 unspecified atom stereocenters. The molecule has 1 N–H and O–H groups in total. The highest BCUT2D eigenvalue weighted by atomic mass is 32.2. The van der Waals surface area contributed by atoms with Crippen LogP contribution in [0.5, 0.6) is 0 Å². The van der Waals surface area contributed by atoms with E-state index in [1.807, 2.05) is 47.2 Å². The molecule has 40 heavy (non-hydrogen) atoms. The van der Waals surface area contributed by atoms with Gasteiger partial charge < -0.3 is 8.97 Å². The monoisotopic (exact) mass is 607 g/mol. The van der Waals surface area contributed by atoms with Gasteiger partial charge >= 0.3 is 6.18 Å². The SMILES string of the molecule is O=S([O-])NCc1nnc(C(c2nc3ccc(-c4ccccc4)cc3s2)S(=O)(=O)Cc2cccc(C(F)(F)F)c2)o1. The van der Waals surface area contributed by atoms with Crippen molar-refractivity contribution >= 4 is 42.7 Å². The number of thiazole rings is 1. The maximum Gasteiger partial charge on any atom is 0.416 e. The molecule has 0 aliphatic rings. The van der Waals surface area contributed by atoms with E-state index in [0.717, 1.165) is 40.7 Å². The van der Waals surface area contributed by atoms with Gasteiger partial charge in [0.15, 0.2) is 15.1 Å². The summed E-state index contributed by atoms with van der Waals surface area (Å²) >= 11 is -1.56. The lowest BCUT2D eigenvalue weighted by Gasteiger charge is -2.13. The molecule has 0 saturated carbocycles. The van der Waals surface area contributed by atoms with Crippen LogP contribution in [-0.2, 0) is 39.6 Å². The summed E-state index contributed by atoms with van der Waals surface area (Å²) in [6, 6.07) is 19.0. The lowest BCUT2D eigenvalue weighted by molar-refractivity contribution is -0.137. The molecule has 5 rings (SSSR count). The number of halogens is 3. The zero-order chi connectivity index (χ0) is 28.5. The second-order valence-corrected chi connectivity index (χ2v) is 12.5. The van der Waals surface area contributed by atoms with Crippen LogP contribution >= 0.6 is 11.3 Å². The number of aromatic nitrogens is 3. The average Bonchev–Trinajstić information content (AvgIpc) is 3.54. The topological polar surface area (TPSA) is 138 Å². The van der Waals surface area contributed by atoms with Gasteiger partial charge in [0.1, 0.15) is 5.01 Å². The molecule has 0 aliphatic carbocycles. The summed E-state index contributed by atoms with van der Waals surface area (Å²) in [6.45, 7) is -0.385. The number of alkyl halides is 3. The Balaban J connectivity index is 1.56. The molecule has 3 aromatic carbocycles. The Morgan fingerprint density at radius 3 is 2.50 bits per heavy atom. The van der Waals surface area contributed by atoms with Crippen molar-refractivity contribution in [3.63, 3.8) is 0 Å². The van der Waals surface area contributed by atoms with Crippen LogP contribution in [0.3, 0.4) is 0 Å². The zero-order valence-electron chi connectivity index (χ0n) is 20.2. The van der Waals surface area contributed by atoms with E-state index in [1.165, 1.54) is 6.07 Å². The maximum atomic E-state index is 13.7. The predicted octanol–water partition coefficient (Wildman–Crippen LogP) is 4.95. The summed E-state index contributed by atoms with van der Waals surface area (Å²) in [4.78, 5) is 4.49. The maximum absolute atomic E-state index is 13.7. The Hall–Kier alpha value is -3.50. The van der Waals surface area contributed by atoms with Crippen molar-refractivity contribution in [2.75, 3.05) is 0 Å². The van der Waals surface area contributed by atoms with E-state index in [9.17, 15) is 30.4 Å². The van der Waals surface area contributed by atoms with Crippen LogP contribution in [0, 0.1) is 0 Å². The molecular weight excluding hydrogens is 589 g/mol. The second kappa shape index (κ2) is 11.2. The van der Waals surface area contributed by atoms with Crippen LogP contribution in [0.25, 0.3) is 21.3 Å². The Labute approximate surface area is 232 Å². The van der Waals surface area contributed by atoms with Crippen LogP contribution in [-0.4, -0.2) is 32.4 Å². The first-order valence-corrected chi connectivity index (χ1v) is 15.1. The molecule has 208 valence electrons. The third-order valence-corrected chi connectivity index (χ3v) is 9.26. The summed E-state index contributed by atoms with van der Waals surface area (Å²) in [5.74, 6) is -1.36. The molecule has 0 amide bonds. The van der Waals surface area contributed by atoms with Gasteiger partial charge in [-0.25, -0.2) is 18.1 Å². The second-order valence-electron chi connectivity index (χ2n) is 8.58. The van der Waals surface area contributed by atoms with Crippen molar-refractivity contribution in [1.82, 2.24) is 19.9 Å². The fourth-order valence-corrected chi connectivity index (χ4v) is 7.38. The van der Waals surface area contributed by atoms with E-state index in [2.05, 4.69) is 15.2 Å². The van der Waals surface area contributed by atoms with Crippen LogP contribution in [0.2, 0.25) is 0 Å². The van der Waals surface area contributed by atoms with Crippen molar-refractivity contribution in [2.24, 2.45) is 0 Å². The first-order valence-electron chi connectivity index (χ1n) is 11.5. The standard InChI is InChI=1S/C25H19F3N4O5S3/c26-25(27,28)18-8-4-5-15(11-18)14-40(35,36)22(23-32-31-21(37-23)13-29-39(33)34)24-30-19-10-9-17(12-20(19)38-24)16-6-2-1-3-7-16/h1-12,22,29H,13-14H2,(H,33,34)/p-1. The van der Waals surface area contributed by atoms with Gasteiger partial charge in [0.2, 0.25) is 11.8 Å². The molecule has 0 bridgehead atoms. The minimum atomic E-state index is -4.65. The molecule has 0 fully saturated rings. The lowest BCUT2D eigenvalue weighted by atomic mass is 10.1. The number of rotatable bonds is 9. The molecule has 2 heterocycles. The van der Waals surface area contributed by atoms with E-state index in [0.29, 0.717) is 10.2 Å². The third-order valence-electron chi connectivity index (χ3n) is 5.77. The molecule has 2 aromatic heterocycles. The third kappa shape index (κ3) is 6.28. The van der Waals surface area contributed by atoms with Crippen LogP contribution in [0.15, 0.2) is 77.2 Å². The van der Waals surface area contributed by atoms with Gasteiger partial charge in [0, 0.05) is 11.3 Å². The number of sulfone groups is 1. The number of benzene rings is 3. The van der Waals surface area contributed by atoms with Gasteiger partial charge in [-0.2, -0.15) is 13.2 Å². The van der Waals surface area contributed by atoms with Gasteiger partial charge in [-0.3, -0.25) is 4.21 Å². The molecule has 9 nitrogen and oxygen atoms in total. The lowest BCUT2D eigenvalue weighted by Crippen LogP contribution is -2.18. The van der Waals surface area contributed by atoms with Gasteiger partial charge in [0.05, 0.1) is 28.1 Å². The normalized spacial score (nSPS) is 13.9. The summed E-state index contributed by atoms with van der Waals surface area (Å²) in [6.07, 6.45) is -4.65. The molecular formula is C25H18F3N4O5S3-. The first-order chi connectivity index (χ1) is 19.0. The highest BCUT2D eigenvalue weighted by Gasteiger charge is 2.38. The molecule has 0 radical (unpaired) electrons. The number of fused-ring (bicyclic) bond motifs is 1. The Morgan fingerprint density at radius 1 is 1.00 bits per heavy atom. The highest BCUT2D eigenvalue weighted by Crippen LogP contribution is 2.38. The number of nitrogens with one attached hydrogen (secondary N) is 1. The fraction of sp³-hybridized carbons (Fsp3) is 0.160. The molecule has 0 saturated heterocycles. The van der Waals surface area contributed by atoms with Gasteiger partial charge in [-0.1, -0.05) is 54.6 Å². The van der Waals surface area contributed by atoms with Crippen LogP contribution < -0.4 is 4.72 Å². The summed E-state index contributed by atoms with van der Waals surface area (Å²) in [5.41, 5.74) is 1.25. The predicted molar refractivity (Wildman–Crippen MR) is 141 cm³/mol. The van der Waals surface area contributed by atoms with E-state index >= 15 is 0 Å². The number of hydrogen-bond donors (Lipinski definition) is 1. The molecule has 2 atom stereocenters. The van der Waals surface area contributed by atoms with E-state index in [1.54, 1.807) is 6.07 Å². The van der Waals surface area contributed by atoms with Crippen molar-refractivity contribution in [3.8, 4) is 11.1 Å². The van der Waals surface area contributed by atoms with Crippen molar-refractivity contribution < 1.29 is 34.8 Å². The van der Waals surface area contributed by atoms with Crippen molar-refractivity contribution in [1.29, 1.82) is 0 Å². The highest BCUT2D eigenvalue weighted by molar-refractivity contribution is 7.91. The van der Waals surface area contributed by atoms with Crippen molar-refractivity contribution in [3.05, 3.63) is 101 Å². The van der Waals surface area contributed by atoms with Gasteiger partial charge in [-0.15, -0.1) is 21.5 Å². The Morgan fingerprint density at radius 2 is 1.77 bits per heavy atom. The van der Waals surface area contributed by atoms with Gasteiger partial charge in [-0.05, 0) is 34.9 Å². The van der Waals surface area contributed by atoms with E-state index < -0.39 is 43.8 Å². The molecule has 0 aliphatic heterocycles. The quantitative estimate of drug-likeness (QED) is 0.232.